The summed E-state index contributed by atoms with van der Waals surface area (Å²) in [5.41, 5.74) is 0.803. The van der Waals surface area contributed by atoms with Gasteiger partial charge in [0.05, 0.1) is 16.2 Å². The summed E-state index contributed by atoms with van der Waals surface area (Å²) in [4.78, 5) is 5.26. The smallest absolute Gasteiger partial charge is 0.123 e. The Balaban J connectivity index is 2.45. The van der Waals surface area contributed by atoms with Crippen LogP contribution in [0.2, 0.25) is 0 Å². The Morgan fingerprint density at radius 3 is 2.29 bits per heavy atom. The fourth-order valence-corrected chi connectivity index (χ4v) is 2.75. The highest BCUT2D eigenvalue weighted by Crippen LogP contribution is 2.34. The Hall–Kier alpha value is -1.26. The van der Waals surface area contributed by atoms with E-state index in [-0.39, 0.29) is 5.82 Å². The van der Waals surface area contributed by atoms with Crippen molar-refractivity contribution < 1.29 is 9.50 Å². The number of hydrogen-bond donors (Lipinski definition) is 1. The molecule has 2 nitrogen and oxygen atoms in total. The first-order valence-corrected chi connectivity index (χ1v) is 6.16. The fraction of sp³-hybridized carbons (Fsp3) is 0.308. The highest BCUT2D eigenvalue weighted by molar-refractivity contribution is 7.15. The lowest BCUT2D eigenvalue weighted by Gasteiger charge is -2.14. The number of hydrogen-bond acceptors (Lipinski definition) is 3. The van der Waals surface area contributed by atoms with Gasteiger partial charge in [0.15, 0.2) is 0 Å². The van der Waals surface area contributed by atoms with Gasteiger partial charge >= 0.3 is 0 Å². The average Bonchev–Trinajstić information content (AvgIpc) is 2.61. The Labute approximate surface area is 104 Å². The van der Waals surface area contributed by atoms with E-state index < -0.39 is 5.60 Å². The van der Waals surface area contributed by atoms with Crippen LogP contribution in [0.25, 0.3) is 10.6 Å². The van der Waals surface area contributed by atoms with Crippen LogP contribution in [0.3, 0.4) is 0 Å². The molecule has 0 aliphatic rings. The molecule has 0 fully saturated rings. The van der Waals surface area contributed by atoms with Gasteiger partial charge in [-0.1, -0.05) is 0 Å². The third-order valence-electron chi connectivity index (χ3n) is 2.44. The maximum Gasteiger partial charge on any atom is 0.123 e. The zero-order valence-corrected chi connectivity index (χ0v) is 10.8. The summed E-state index contributed by atoms with van der Waals surface area (Å²) in [5, 5.41) is 10.8. The van der Waals surface area contributed by atoms with E-state index >= 15 is 0 Å². The van der Waals surface area contributed by atoms with Crippen molar-refractivity contribution in [2.24, 2.45) is 0 Å². The molecule has 0 radical (unpaired) electrons. The molecule has 0 bridgehead atoms. The Morgan fingerprint density at radius 2 is 1.82 bits per heavy atom. The standard InChI is InChI=1S/C13H14FNOS/c1-8-11(13(2,3)16)17-12(15-8)9-4-6-10(14)7-5-9/h4-7,16H,1-3H3. The monoisotopic (exact) mass is 251 g/mol. The second kappa shape index (κ2) is 4.20. The van der Waals surface area contributed by atoms with Gasteiger partial charge in [0.1, 0.15) is 10.8 Å². The molecular formula is C13H14FNOS. The van der Waals surface area contributed by atoms with Gasteiger partial charge in [0.25, 0.3) is 0 Å². The fourth-order valence-electron chi connectivity index (χ4n) is 1.68. The van der Waals surface area contributed by atoms with Gasteiger partial charge in [-0.25, -0.2) is 9.37 Å². The van der Waals surface area contributed by atoms with Crippen LogP contribution in [-0.4, -0.2) is 10.1 Å². The summed E-state index contributed by atoms with van der Waals surface area (Å²) >= 11 is 1.44. The second-order valence-corrected chi connectivity index (χ2v) is 5.50. The van der Waals surface area contributed by atoms with Crippen LogP contribution in [0.5, 0.6) is 0 Å². The maximum absolute atomic E-state index is 12.8. The van der Waals surface area contributed by atoms with Crippen LogP contribution in [0.15, 0.2) is 24.3 Å². The second-order valence-electron chi connectivity index (χ2n) is 4.50. The number of aryl methyl sites for hydroxylation is 1. The lowest BCUT2D eigenvalue weighted by atomic mass is 10.1. The van der Waals surface area contributed by atoms with Gasteiger partial charge in [0, 0.05) is 5.56 Å². The van der Waals surface area contributed by atoms with Crippen molar-refractivity contribution in [2.45, 2.75) is 26.4 Å². The highest BCUT2D eigenvalue weighted by atomic mass is 32.1. The first-order chi connectivity index (χ1) is 7.88. The van der Waals surface area contributed by atoms with E-state index in [1.165, 1.54) is 23.5 Å². The van der Waals surface area contributed by atoms with Crippen molar-refractivity contribution in [1.82, 2.24) is 4.98 Å². The third-order valence-corrected chi connectivity index (χ3v) is 3.96. The predicted octanol–water partition coefficient (Wildman–Crippen LogP) is 3.49. The molecular weight excluding hydrogens is 237 g/mol. The summed E-state index contributed by atoms with van der Waals surface area (Å²) in [6.45, 7) is 5.35. The molecule has 2 aromatic rings. The molecule has 4 heteroatoms. The molecule has 1 aromatic carbocycles. The van der Waals surface area contributed by atoms with E-state index in [1.807, 2.05) is 6.92 Å². The summed E-state index contributed by atoms with van der Waals surface area (Å²) < 4.78 is 12.8. The molecule has 2 rings (SSSR count). The Bertz CT molecular complexity index is 525. The molecule has 0 aliphatic carbocycles. The van der Waals surface area contributed by atoms with Crippen molar-refractivity contribution in [3.05, 3.63) is 40.7 Å². The van der Waals surface area contributed by atoms with Crippen LogP contribution in [0, 0.1) is 12.7 Å². The van der Waals surface area contributed by atoms with E-state index in [1.54, 1.807) is 26.0 Å². The molecule has 1 heterocycles. The van der Waals surface area contributed by atoms with Gasteiger partial charge in [-0.2, -0.15) is 0 Å². The average molecular weight is 251 g/mol. The van der Waals surface area contributed by atoms with Crippen LogP contribution in [0.4, 0.5) is 4.39 Å². The topological polar surface area (TPSA) is 33.1 Å². The minimum Gasteiger partial charge on any atom is -0.385 e. The van der Waals surface area contributed by atoms with E-state index in [4.69, 9.17) is 0 Å². The summed E-state index contributed by atoms with van der Waals surface area (Å²) in [5.74, 6) is -0.260. The van der Waals surface area contributed by atoms with Gasteiger partial charge < -0.3 is 5.11 Å². The normalized spacial score (nSPS) is 11.8. The molecule has 0 amide bonds. The van der Waals surface area contributed by atoms with Gasteiger partial charge in [-0.15, -0.1) is 11.3 Å². The van der Waals surface area contributed by atoms with Crippen molar-refractivity contribution in [2.75, 3.05) is 0 Å². The molecule has 0 spiro atoms. The molecule has 0 aliphatic heterocycles. The summed E-state index contributed by atoms with van der Waals surface area (Å²) in [6, 6.07) is 6.22. The van der Waals surface area contributed by atoms with Gasteiger partial charge in [-0.3, -0.25) is 0 Å². The lowest BCUT2D eigenvalue weighted by Crippen LogP contribution is -2.14. The van der Waals surface area contributed by atoms with Crippen LogP contribution in [-0.2, 0) is 5.60 Å². The van der Waals surface area contributed by atoms with Crippen molar-refractivity contribution in [3.63, 3.8) is 0 Å². The quantitative estimate of drug-likeness (QED) is 0.886. The summed E-state index contributed by atoms with van der Waals surface area (Å²) in [7, 11) is 0. The van der Waals surface area contributed by atoms with Gasteiger partial charge in [0.2, 0.25) is 0 Å². The summed E-state index contributed by atoms with van der Waals surface area (Å²) in [6.07, 6.45) is 0. The van der Waals surface area contributed by atoms with Crippen LogP contribution < -0.4 is 0 Å². The van der Waals surface area contributed by atoms with E-state index in [9.17, 15) is 9.50 Å². The first-order valence-electron chi connectivity index (χ1n) is 5.34. The number of thiazole rings is 1. The SMILES string of the molecule is Cc1nc(-c2ccc(F)cc2)sc1C(C)(C)O. The number of halogens is 1. The number of aromatic nitrogens is 1. The molecule has 0 saturated carbocycles. The maximum atomic E-state index is 12.8. The lowest BCUT2D eigenvalue weighted by molar-refractivity contribution is 0.0817. The highest BCUT2D eigenvalue weighted by Gasteiger charge is 2.23. The molecule has 0 unspecified atom stereocenters. The minimum atomic E-state index is -0.889. The number of nitrogens with zero attached hydrogens (tertiary/aromatic N) is 1. The van der Waals surface area contributed by atoms with E-state index in [0.29, 0.717) is 0 Å². The molecule has 1 aromatic heterocycles. The van der Waals surface area contributed by atoms with Crippen LogP contribution >= 0.6 is 11.3 Å². The first kappa shape index (κ1) is 12.2. The molecule has 17 heavy (non-hydrogen) atoms. The van der Waals surface area contributed by atoms with E-state index in [2.05, 4.69) is 4.98 Å². The minimum absolute atomic E-state index is 0.260. The number of benzene rings is 1. The molecule has 90 valence electrons. The Kier molecular flexibility index (Phi) is 3.02. The third kappa shape index (κ3) is 2.53. The Morgan fingerprint density at radius 1 is 1.24 bits per heavy atom. The van der Waals surface area contributed by atoms with E-state index in [0.717, 1.165) is 21.1 Å². The predicted molar refractivity (Wildman–Crippen MR) is 67.5 cm³/mol. The number of rotatable bonds is 2. The molecule has 0 saturated heterocycles. The number of aliphatic hydroxyl groups is 1. The van der Waals surface area contributed by atoms with Gasteiger partial charge in [-0.05, 0) is 45.0 Å². The largest absolute Gasteiger partial charge is 0.385 e. The zero-order valence-electron chi connectivity index (χ0n) is 9.99. The molecule has 0 atom stereocenters. The van der Waals surface area contributed by atoms with Crippen LogP contribution in [0.1, 0.15) is 24.4 Å². The zero-order chi connectivity index (χ0) is 12.6. The molecule has 1 N–H and O–H groups in total. The van der Waals surface area contributed by atoms with Crippen molar-refractivity contribution in [3.8, 4) is 10.6 Å². The van der Waals surface area contributed by atoms with Crippen molar-refractivity contribution in [1.29, 1.82) is 0 Å². The van der Waals surface area contributed by atoms with Crippen molar-refractivity contribution >= 4 is 11.3 Å².